The molecule has 4 rings (SSSR count). The van der Waals surface area contributed by atoms with Gasteiger partial charge in [-0.05, 0) is 41.6 Å². The minimum Gasteiger partial charge on any atom is -0.361 e. The van der Waals surface area contributed by atoms with E-state index in [0.29, 0.717) is 22.1 Å². The molecule has 2 heterocycles. The van der Waals surface area contributed by atoms with Crippen LogP contribution in [-0.2, 0) is 4.79 Å². The molecule has 28 heavy (non-hydrogen) atoms. The van der Waals surface area contributed by atoms with Gasteiger partial charge in [0, 0.05) is 29.4 Å². The number of nitrogens with zero attached hydrogens (tertiary/aromatic N) is 3. The van der Waals surface area contributed by atoms with Crippen molar-refractivity contribution in [3.63, 3.8) is 0 Å². The molecule has 0 saturated heterocycles. The molecule has 0 spiro atoms. The number of H-pyrrole nitrogens is 2. The van der Waals surface area contributed by atoms with E-state index >= 15 is 0 Å². The van der Waals surface area contributed by atoms with Gasteiger partial charge in [-0.3, -0.25) is 14.9 Å². The number of hydrogen-bond acceptors (Lipinski definition) is 6. The summed E-state index contributed by atoms with van der Waals surface area (Å²) in [5.74, 6) is 0.725. The summed E-state index contributed by atoms with van der Waals surface area (Å²) in [5.41, 5.74) is 3.03. The second-order valence-electron chi connectivity index (χ2n) is 6.27. The van der Waals surface area contributed by atoms with Crippen LogP contribution in [0.5, 0.6) is 0 Å². The number of nitro benzene ring substituents is 1. The number of carbonyl (C=O) groups excluding carboxylic acids is 1. The van der Waals surface area contributed by atoms with Crippen molar-refractivity contribution in [3.8, 4) is 22.5 Å². The van der Waals surface area contributed by atoms with E-state index in [1.807, 2.05) is 36.5 Å². The number of carbonyl (C=O) groups is 1. The summed E-state index contributed by atoms with van der Waals surface area (Å²) in [6, 6.07) is 12.6. The van der Waals surface area contributed by atoms with Crippen LogP contribution in [0, 0.1) is 10.1 Å². The number of non-ortho nitro benzene ring substituents is 1. The first kappa shape index (κ1) is 17.9. The highest BCUT2D eigenvalue weighted by molar-refractivity contribution is 7.99. The molecule has 0 aliphatic heterocycles. The van der Waals surface area contributed by atoms with Crippen LogP contribution in [0.3, 0.4) is 0 Å². The van der Waals surface area contributed by atoms with E-state index in [1.54, 1.807) is 0 Å². The van der Waals surface area contributed by atoms with E-state index in [4.69, 9.17) is 0 Å². The van der Waals surface area contributed by atoms with Gasteiger partial charge in [0.05, 0.1) is 10.7 Å². The summed E-state index contributed by atoms with van der Waals surface area (Å²) >= 11 is 1.24. The smallest absolute Gasteiger partial charge is 0.270 e. The molecular formula is C19H15N5O3S. The number of Topliss-reactive ketones (excluding diaryl/α,β-unsaturated/α-hetero) is 1. The van der Waals surface area contributed by atoms with Gasteiger partial charge in [0.1, 0.15) is 5.78 Å². The van der Waals surface area contributed by atoms with Crippen molar-refractivity contribution in [1.29, 1.82) is 0 Å². The lowest BCUT2D eigenvalue weighted by atomic mass is 10.0. The van der Waals surface area contributed by atoms with Crippen LogP contribution in [0.4, 0.5) is 5.69 Å². The number of ketones is 1. The second kappa shape index (κ2) is 7.28. The predicted molar refractivity (Wildman–Crippen MR) is 107 cm³/mol. The van der Waals surface area contributed by atoms with Crippen LogP contribution >= 0.6 is 11.8 Å². The minimum absolute atomic E-state index is 0.0281. The van der Waals surface area contributed by atoms with Crippen LogP contribution in [0.15, 0.2) is 53.8 Å². The number of hydrogen-bond donors (Lipinski definition) is 2. The molecule has 2 aromatic heterocycles. The van der Waals surface area contributed by atoms with Crippen LogP contribution < -0.4 is 0 Å². The van der Waals surface area contributed by atoms with Crippen molar-refractivity contribution < 1.29 is 9.72 Å². The summed E-state index contributed by atoms with van der Waals surface area (Å²) in [6.07, 6.45) is 1.85. The Labute approximate surface area is 163 Å². The predicted octanol–water partition coefficient (Wildman–Crippen LogP) is 4.21. The molecule has 0 saturated carbocycles. The molecular weight excluding hydrogens is 378 g/mol. The minimum atomic E-state index is -0.429. The number of thioether (sulfide) groups is 1. The number of fused-ring (bicyclic) bond motifs is 1. The second-order valence-corrected chi connectivity index (χ2v) is 7.24. The summed E-state index contributed by atoms with van der Waals surface area (Å²) in [5, 5.41) is 21.1. The summed E-state index contributed by atoms with van der Waals surface area (Å²) < 4.78 is 0. The monoisotopic (exact) mass is 393 g/mol. The zero-order valence-corrected chi connectivity index (χ0v) is 15.6. The van der Waals surface area contributed by atoms with Crippen molar-refractivity contribution in [1.82, 2.24) is 20.2 Å². The van der Waals surface area contributed by atoms with Gasteiger partial charge in [0.25, 0.3) is 5.69 Å². The molecule has 0 amide bonds. The largest absolute Gasteiger partial charge is 0.361 e. The molecule has 140 valence electrons. The van der Waals surface area contributed by atoms with E-state index in [0.717, 1.165) is 16.5 Å². The van der Waals surface area contributed by atoms with Crippen molar-refractivity contribution in [3.05, 3.63) is 58.8 Å². The Morgan fingerprint density at radius 3 is 2.71 bits per heavy atom. The van der Waals surface area contributed by atoms with E-state index < -0.39 is 4.92 Å². The Balaban J connectivity index is 1.75. The molecule has 0 aliphatic carbocycles. The van der Waals surface area contributed by atoms with Gasteiger partial charge in [0.15, 0.2) is 11.0 Å². The van der Waals surface area contributed by atoms with E-state index in [9.17, 15) is 14.9 Å². The van der Waals surface area contributed by atoms with Gasteiger partial charge in [-0.15, -0.1) is 10.2 Å². The van der Waals surface area contributed by atoms with Crippen LogP contribution in [0.2, 0.25) is 0 Å². The molecule has 0 aliphatic rings. The molecule has 0 bridgehead atoms. The molecule has 0 fully saturated rings. The Morgan fingerprint density at radius 2 is 1.93 bits per heavy atom. The van der Waals surface area contributed by atoms with Crippen LogP contribution in [-0.4, -0.2) is 36.6 Å². The number of benzene rings is 2. The molecule has 0 unspecified atom stereocenters. The summed E-state index contributed by atoms with van der Waals surface area (Å²) in [4.78, 5) is 28.3. The van der Waals surface area contributed by atoms with Crippen LogP contribution in [0.25, 0.3) is 33.4 Å². The maximum absolute atomic E-state index is 11.4. The van der Waals surface area contributed by atoms with Gasteiger partial charge in [-0.25, -0.2) is 0 Å². The van der Waals surface area contributed by atoms with Gasteiger partial charge in [-0.1, -0.05) is 23.9 Å². The average Bonchev–Trinajstić information content (AvgIpc) is 3.34. The highest BCUT2D eigenvalue weighted by atomic mass is 32.2. The third-order valence-corrected chi connectivity index (χ3v) is 5.18. The van der Waals surface area contributed by atoms with Gasteiger partial charge < -0.3 is 9.97 Å². The van der Waals surface area contributed by atoms with E-state index in [-0.39, 0.29) is 17.2 Å². The first-order valence-electron chi connectivity index (χ1n) is 8.42. The fraction of sp³-hybridized carbons (Fsp3) is 0.105. The molecule has 2 N–H and O–H groups in total. The number of nitrogens with one attached hydrogen (secondary N) is 2. The number of aromatic amines is 2. The van der Waals surface area contributed by atoms with Crippen molar-refractivity contribution in [2.45, 2.75) is 12.1 Å². The van der Waals surface area contributed by atoms with Crippen LogP contribution in [0.1, 0.15) is 6.92 Å². The lowest BCUT2D eigenvalue weighted by Gasteiger charge is -2.05. The quantitative estimate of drug-likeness (QED) is 0.288. The van der Waals surface area contributed by atoms with Crippen molar-refractivity contribution in [2.75, 3.05) is 5.75 Å². The number of aromatic nitrogens is 4. The zero-order valence-electron chi connectivity index (χ0n) is 14.8. The maximum Gasteiger partial charge on any atom is 0.270 e. The van der Waals surface area contributed by atoms with Gasteiger partial charge in [-0.2, -0.15) is 0 Å². The molecule has 0 radical (unpaired) electrons. The average molecular weight is 393 g/mol. The third kappa shape index (κ3) is 3.65. The van der Waals surface area contributed by atoms with Crippen molar-refractivity contribution in [2.24, 2.45) is 0 Å². The Kier molecular flexibility index (Phi) is 4.66. The lowest BCUT2D eigenvalue weighted by molar-refractivity contribution is -0.384. The number of rotatable bonds is 6. The number of nitro groups is 1. The molecule has 4 aromatic rings. The third-order valence-electron chi connectivity index (χ3n) is 4.17. The SMILES string of the molecule is CC(=O)CSc1nnc(-c2cc(-c3ccc4cc[nH]c4c3)cc([N+](=O)[O-])c2)[nH]1. The van der Waals surface area contributed by atoms with Gasteiger partial charge in [0.2, 0.25) is 0 Å². The maximum atomic E-state index is 11.4. The first-order valence-corrected chi connectivity index (χ1v) is 9.40. The fourth-order valence-electron chi connectivity index (χ4n) is 2.86. The Morgan fingerprint density at radius 1 is 1.11 bits per heavy atom. The lowest BCUT2D eigenvalue weighted by Crippen LogP contribution is -1.93. The Bertz CT molecular complexity index is 1200. The summed E-state index contributed by atoms with van der Waals surface area (Å²) in [7, 11) is 0. The van der Waals surface area contributed by atoms with E-state index in [1.165, 1.54) is 30.8 Å². The normalized spacial score (nSPS) is 11.0. The molecule has 2 aromatic carbocycles. The van der Waals surface area contributed by atoms with Gasteiger partial charge >= 0.3 is 0 Å². The molecule has 9 heteroatoms. The first-order chi connectivity index (χ1) is 13.5. The highest BCUT2D eigenvalue weighted by Gasteiger charge is 2.15. The fourth-order valence-corrected chi connectivity index (χ4v) is 3.47. The standard InChI is InChI=1S/C19H15N5O3S/c1-11(25)10-28-19-21-18(22-23-19)15-6-14(7-16(8-15)24(26)27)13-3-2-12-4-5-20-17(12)9-13/h2-9,20H,10H2,1H3,(H,21,22,23). The van der Waals surface area contributed by atoms with E-state index in [2.05, 4.69) is 20.2 Å². The Hall–Kier alpha value is -3.46. The topological polar surface area (TPSA) is 118 Å². The highest BCUT2D eigenvalue weighted by Crippen LogP contribution is 2.32. The zero-order chi connectivity index (χ0) is 19.7. The molecule has 0 atom stereocenters. The van der Waals surface area contributed by atoms with Crippen molar-refractivity contribution >= 4 is 34.1 Å². The summed E-state index contributed by atoms with van der Waals surface area (Å²) in [6.45, 7) is 1.50. The molecule has 8 nitrogen and oxygen atoms in total.